The van der Waals surface area contributed by atoms with Gasteiger partial charge in [-0.1, -0.05) is 18.2 Å². The van der Waals surface area contributed by atoms with Crippen molar-refractivity contribution in [2.75, 3.05) is 25.1 Å². The monoisotopic (exact) mass is 391 g/mol. The summed E-state index contributed by atoms with van der Waals surface area (Å²) in [5, 5.41) is 3.49. The van der Waals surface area contributed by atoms with Crippen LogP contribution < -0.4 is 14.8 Å². The fourth-order valence-electron chi connectivity index (χ4n) is 2.61. The van der Waals surface area contributed by atoms with Crippen molar-refractivity contribution in [3.8, 4) is 11.5 Å². The number of halogens is 1. The minimum atomic E-state index is 0.616. The summed E-state index contributed by atoms with van der Waals surface area (Å²) in [5.41, 5.74) is 3.39. The minimum absolute atomic E-state index is 0.616. The number of nitrogens with one attached hydrogen (secondary N) is 1. The van der Waals surface area contributed by atoms with Crippen LogP contribution in [-0.2, 0) is 17.9 Å². The van der Waals surface area contributed by atoms with E-state index < -0.39 is 0 Å². The molecule has 5 heteroatoms. The Balaban J connectivity index is 1.73. The third-order valence-electron chi connectivity index (χ3n) is 3.82. The van der Waals surface area contributed by atoms with Crippen LogP contribution in [0.1, 0.15) is 24.5 Å². The van der Waals surface area contributed by atoms with Gasteiger partial charge in [-0.05, 0) is 46.6 Å². The van der Waals surface area contributed by atoms with Crippen LogP contribution in [0.2, 0.25) is 0 Å². The predicted octanol–water partition coefficient (Wildman–Crippen LogP) is 4.76. The zero-order chi connectivity index (χ0) is 16.8. The quantitative estimate of drug-likeness (QED) is 0.770. The van der Waals surface area contributed by atoms with Crippen molar-refractivity contribution in [1.29, 1.82) is 0 Å². The zero-order valence-electron chi connectivity index (χ0n) is 13.8. The number of para-hydroxylation sites is 1. The van der Waals surface area contributed by atoms with E-state index in [4.69, 9.17) is 14.2 Å². The number of anilines is 1. The second-order valence-corrected chi connectivity index (χ2v) is 6.46. The molecule has 0 spiro atoms. The molecule has 0 amide bonds. The Morgan fingerprint density at radius 3 is 2.88 bits per heavy atom. The summed E-state index contributed by atoms with van der Waals surface area (Å²) in [4.78, 5) is 0. The molecule has 128 valence electrons. The molecule has 0 radical (unpaired) electrons. The summed E-state index contributed by atoms with van der Waals surface area (Å²) < 4.78 is 18.0. The Morgan fingerprint density at radius 1 is 1.17 bits per heavy atom. The summed E-state index contributed by atoms with van der Waals surface area (Å²) >= 11 is 3.59. The summed E-state index contributed by atoms with van der Waals surface area (Å²) in [6, 6.07) is 12.3. The van der Waals surface area contributed by atoms with Gasteiger partial charge < -0.3 is 19.5 Å². The van der Waals surface area contributed by atoms with E-state index in [2.05, 4.69) is 39.4 Å². The highest BCUT2D eigenvalue weighted by Crippen LogP contribution is 2.38. The highest BCUT2D eigenvalue weighted by molar-refractivity contribution is 9.10. The minimum Gasteiger partial charge on any atom is -0.490 e. The number of hydrogen-bond acceptors (Lipinski definition) is 4. The standard InChI is InChI=1S/C19H22BrNO3/c1-2-22-13-15-6-3-4-7-17(15)21-12-14-10-16(20)19-18(11-14)23-8-5-9-24-19/h3-4,6-7,10-11,21H,2,5,8-9,12-13H2,1H3. The third-order valence-corrected chi connectivity index (χ3v) is 4.41. The molecule has 0 aliphatic carbocycles. The first-order valence-electron chi connectivity index (χ1n) is 8.25. The highest BCUT2D eigenvalue weighted by Gasteiger charge is 2.15. The van der Waals surface area contributed by atoms with Crippen molar-refractivity contribution < 1.29 is 14.2 Å². The molecular formula is C19H22BrNO3. The molecular weight excluding hydrogens is 370 g/mol. The molecule has 4 nitrogen and oxygen atoms in total. The third kappa shape index (κ3) is 4.22. The lowest BCUT2D eigenvalue weighted by atomic mass is 10.1. The molecule has 0 unspecified atom stereocenters. The summed E-state index contributed by atoms with van der Waals surface area (Å²) in [6.45, 7) is 5.42. The number of rotatable bonds is 6. The highest BCUT2D eigenvalue weighted by atomic mass is 79.9. The molecule has 0 saturated carbocycles. The van der Waals surface area contributed by atoms with Crippen molar-refractivity contribution in [2.45, 2.75) is 26.5 Å². The first-order valence-corrected chi connectivity index (χ1v) is 9.04. The van der Waals surface area contributed by atoms with Crippen LogP contribution in [0.5, 0.6) is 11.5 Å². The number of hydrogen-bond donors (Lipinski definition) is 1. The topological polar surface area (TPSA) is 39.7 Å². The lowest BCUT2D eigenvalue weighted by Crippen LogP contribution is -2.04. The molecule has 0 fully saturated rings. The zero-order valence-corrected chi connectivity index (χ0v) is 15.4. The molecule has 1 aliphatic heterocycles. The maximum atomic E-state index is 5.80. The molecule has 1 aliphatic rings. The van der Waals surface area contributed by atoms with Crippen LogP contribution in [0.25, 0.3) is 0 Å². The van der Waals surface area contributed by atoms with Crippen molar-refractivity contribution in [3.63, 3.8) is 0 Å². The summed E-state index contributed by atoms with van der Waals surface area (Å²) in [5.74, 6) is 1.61. The Bertz CT molecular complexity index is 690. The first kappa shape index (κ1) is 17.1. The SMILES string of the molecule is CCOCc1ccccc1NCc1cc(Br)c2c(c1)OCCCO2. The van der Waals surface area contributed by atoms with Gasteiger partial charge >= 0.3 is 0 Å². The van der Waals surface area contributed by atoms with Crippen molar-refractivity contribution in [2.24, 2.45) is 0 Å². The van der Waals surface area contributed by atoms with Crippen molar-refractivity contribution in [3.05, 3.63) is 52.0 Å². The van der Waals surface area contributed by atoms with E-state index in [1.807, 2.05) is 25.1 Å². The van der Waals surface area contributed by atoms with E-state index >= 15 is 0 Å². The normalized spacial score (nSPS) is 13.4. The van der Waals surface area contributed by atoms with Crippen LogP contribution in [-0.4, -0.2) is 19.8 Å². The largest absolute Gasteiger partial charge is 0.490 e. The maximum absolute atomic E-state index is 5.80. The fraction of sp³-hybridized carbons (Fsp3) is 0.368. The van der Waals surface area contributed by atoms with Gasteiger partial charge in [0.15, 0.2) is 11.5 Å². The molecule has 1 heterocycles. The Labute approximate surface area is 151 Å². The van der Waals surface area contributed by atoms with Gasteiger partial charge in [0.05, 0.1) is 24.3 Å². The van der Waals surface area contributed by atoms with E-state index in [1.165, 1.54) is 0 Å². The molecule has 0 atom stereocenters. The van der Waals surface area contributed by atoms with Crippen LogP contribution in [0.3, 0.4) is 0 Å². The van der Waals surface area contributed by atoms with E-state index in [0.29, 0.717) is 33.0 Å². The Kier molecular flexibility index (Phi) is 5.99. The molecule has 0 bridgehead atoms. The van der Waals surface area contributed by atoms with Gasteiger partial charge in [0.1, 0.15) is 0 Å². The lowest BCUT2D eigenvalue weighted by molar-refractivity contribution is 0.134. The first-order chi connectivity index (χ1) is 11.8. The van der Waals surface area contributed by atoms with Crippen LogP contribution >= 0.6 is 15.9 Å². The number of ether oxygens (including phenoxy) is 3. The van der Waals surface area contributed by atoms with Crippen LogP contribution in [0.4, 0.5) is 5.69 Å². The van der Waals surface area contributed by atoms with Gasteiger partial charge in [0.25, 0.3) is 0 Å². The molecule has 0 aromatic heterocycles. The number of fused-ring (bicyclic) bond motifs is 1. The van der Waals surface area contributed by atoms with Crippen LogP contribution in [0.15, 0.2) is 40.9 Å². The second kappa shape index (κ2) is 8.40. The molecule has 2 aromatic carbocycles. The average Bonchev–Trinajstić information content (AvgIpc) is 2.84. The van der Waals surface area contributed by atoms with Gasteiger partial charge in [0.2, 0.25) is 0 Å². The van der Waals surface area contributed by atoms with Gasteiger partial charge in [-0.25, -0.2) is 0 Å². The second-order valence-electron chi connectivity index (χ2n) is 5.60. The average molecular weight is 392 g/mol. The van der Waals surface area contributed by atoms with E-state index in [0.717, 1.165) is 39.2 Å². The smallest absolute Gasteiger partial charge is 0.175 e. The predicted molar refractivity (Wildman–Crippen MR) is 98.8 cm³/mol. The fourth-order valence-corrected chi connectivity index (χ4v) is 3.22. The van der Waals surface area contributed by atoms with Crippen molar-refractivity contribution >= 4 is 21.6 Å². The van der Waals surface area contributed by atoms with Gasteiger partial charge in [-0.15, -0.1) is 0 Å². The molecule has 0 saturated heterocycles. The molecule has 3 rings (SSSR count). The molecule has 2 aromatic rings. The van der Waals surface area contributed by atoms with Crippen molar-refractivity contribution in [1.82, 2.24) is 0 Å². The van der Waals surface area contributed by atoms with E-state index in [-0.39, 0.29) is 0 Å². The Morgan fingerprint density at radius 2 is 2.00 bits per heavy atom. The summed E-state index contributed by atoms with van der Waals surface area (Å²) in [7, 11) is 0. The van der Waals surface area contributed by atoms with Gasteiger partial charge in [-0.3, -0.25) is 0 Å². The maximum Gasteiger partial charge on any atom is 0.175 e. The lowest BCUT2D eigenvalue weighted by Gasteiger charge is -2.14. The molecule has 24 heavy (non-hydrogen) atoms. The van der Waals surface area contributed by atoms with Gasteiger partial charge in [-0.2, -0.15) is 0 Å². The van der Waals surface area contributed by atoms with Crippen LogP contribution in [0, 0.1) is 0 Å². The Hall–Kier alpha value is -1.72. The summed E-state index contributed by atoms with van der Waals surface area (Å²) in [6.07, 6.45) is 0.902. The van der Waals surface area contributed by atoms with E-state index in [1.54, 1.807) is 0 Å². The molecule has 1 N–H and O–H groups in total. The van der Waals surface area contributed by atoms with Gasteiger partial charge in [0, 0.05) is 30.8 Å². The number of benzene rings is 2. The van der Waals surface area contributed by atoms with E-state index in [9.17, 15) is 0 Å².